The molecule has 0 spiro atoms. The Hall–Kier alpha value is -1.84. The maximum absolute atomic E-state index is 9.54. The van der Waals surface area contributed by atoms with Crippen LogP contribution >= 0.6 is 0 Å². The van der Waals surface area contributed by atoms with Crippen molar-refractivity contribution in [3.63, 3.8) is 0 Å². The molecule has 3 N–H and O–H groups in total. The molecule has 0 heterocycles. The van der Waals surface area contributed by atoms with Gasteiger partial charge in [-0.2, -0.15) is 0 Å². The van der Waals surface area contributed by atoms with E-state index in [1.807, 2.05) is 6.07 Å². The Labute approximate surface area is 168 Å². The van der Waals surface area contributed by atoms with Crippen molar-refractivity contribution < 1.29 is 9.84 Å². The van der Waals surface area contributed by atoms with Crippen LogP contribution in [0.4, 0.5) is 0 Å². The van der Waals surface area contributed by atoms with E-state index in [1.54, 1.807) is 7.11 Å². The predicted molar refractivity (Wildman–Crippen MR) is 114 cm³/mol. The SMILES string of the molecule is COc1ccccc1CCC1CCc2cc(C3CCC(N)(CO)C3)ccc2C1. The summed E-state index contributed by atoms with van der Waals surface area (Å²) >= 11 is 0. The highest BCUT2D eigenvalue weighted by Gasteiger charge is 2.36. The number of ether oxygens (including phenoxy) is 1. The van der Waals surface area contributed by atoms with E-state index in [0.29, 0.717) is 5.92 Å². The molecule has 0 aliphatic heterocycles. The molecule has 1 fully saturated rings. The van der Waals surface area contributed by atoms with Crippen LogP contribution in [0.15, 0.2) is 42.5 Å². The van der Waals surface area contributed by atoms with Gasteiger partial charge in [0.05, 0.1) is 13.7 Å². The highest BCUT2D eigenvalue weighted by Crippen LogP contribution is 2.41. The van der Waals surface area contributed by atoms with Crippen LogP contribution in [0.25, 0.3) is 0 Å². The molecule has 1 saturated carbocycles. The number of hydrogen-bond donors (Lipinski definition) is 2. The van der Waals surface area contributed by atoms with E-state index in [0.717, 1.165) is 37.4 Å². The third kappa shape index (κ3) is 4.11. The van der Waals surface area contributed by atoms with Gasteiger partial charge in [-0.3, -0.25) is 0 Å². The van der Waals surface area contributed by atoms with Gasteiger partial charge in [-0.05, 0) is 91.5 Å². The number of para-hydroxylation sites is 1. The average molecular weight is 380 g/mol. The number of rotatable bonds is 6. The Kier molecular flexibility index (Phi) is 5.75. The third-order valence-electron chi connectivity index (χ3n) is 7.01. The highest BCUT2D eigenvalue weighted by molar-refractivity contribution is 5.37. The Morgan fingerprint density at radius 3 is 2.79 bits per heavy atom. The molecule has 0 saturated heterocycles. The van der Waals surface area contributed by atoms with Crippen molar-refractivity contribution in [3.05, 3.63) is 64.7 Å². The Bertz CT molecular complexity index is 818. The molecule has 2 aliphatic rings. The quantitative estimate of drug-likeness (QED) is 0.783. The molecule has 0 amide bonds. The number of fused-ring (bicyclic) bond motifs is 1. The fraction of sp³-hybridized carbons (Fsp3) is 0.520. The zero-order valence-corrected chi connectivity index (χ0v) is 17.0. The van der Waals surface area contributed by atoms with Crippen molar-refractivity contribution >= 4 is 0 Å². The summed E-state index contributed by atoms with van der Waals surface area (Å²) in [7, 11) is 1.76. The van der Waals surface area contributed by atoms with Crippen LogP contribution in [0.3, 0.4) is 0 Å². The minimum atomic E-state index is -0.371. The summed E-state index contributed by atoms with van der Waals surface area (Å²) in [5.74, 6) is 2.27. The largest absolute Gasteiger partial charge is 0.496 e. The number of methoxy groups -OCH3 is 1. The summed E-state index contributed by atoms with van der Waals surface area (Å²) in [6.07, 6.45) is 8.87. The van der Waals surface area contributed by atoms with E-state index < -0.39 is 0 Å². The molecule has 2 aromatic rings. The Morgan fingerprint density at radius 1 is 1.14 bits per heavy atom. The fourth-order valence-electron chi connectivity index (χ4n) is 5.20. The minimum Gasteiger partial charge on any atom is -0.496 e. The van der Waals surface area contributed by atoms with Gasteiger partial charge in [0, 0.05) is 5.54 Å². The summed E-state index contributed by atoms with van der Waals surface area (Å²) in [5, 5.41) is 9.54. The van der Waals surface area contributed by atoms with Crippen LogP contribution in [0, 0.1) is 5.92 Å². The number of aryl methyl sites for hydroxylation is 2. The molecule has 4 rings (SSSR count). The van der Waals surface area contributed by atoms with Crippen molar-refractivity contribution in [2.75, 3.05) is 13.7 Å². The number of benzene rings is 2. The normalized spacial score (nSPS) is 26.8. The van der Waals surface area contributed by atoms with E-state index in [2.05, 4.69) is 36.4 Å². The molecule has 2 aliphatic carbocycles. The van der Waals surface area contributed by atoms with Crippen LogP contribution in [-0.2, 0) is 19.3 Å². The second kappa shape index (κ2) is 8.26. The monoisotopic (exact) mass is 379 g/mol. The minimum absolute atomic E-state index is 0.0995. The first-order valence-electron chi connectivity index (χ1n) is 10.7. The first kappa shape index (κ1) is 19.5. The van der Waals surface area contributed by atoms with Gasteiger partial charge in [-0.15, -0.1) is 0 Å². The van der Waals surface area contributed by atoms with Crippen LogP contribution in [-0.4, -0.2) is 24.4 Å². The van der Waals surface area contributed by atoms with E-state index in [4.69, 9.17) is 10.5 Å². The van der Waals surface area contributed by atoms with Gasteiger partial charge in [-0.1, -0.05) is 36.4 Å². The van der Waals surface area contributed by atoms with Gasteiger partial charge >= 0.3 is 0 Å². The molecule has 3 atom stereocenters. The number of hydrogen-bond acceptors (Lipinski definition) is 3. The summed E-state index contributed by atoms with van der Waals surface area (Å²) in [6, 6.07) is 15.5. The van der Waals surface area contributed by atoms with Crippen LogP contribution < -0.4 is 10.5 Å². The first-order chi connectivity index (χ1) is 13.6. The molecule has 0 radical (unpaired) electrons. The lowest BCUT2D eigenvalue weighted by atomic mass is 9.79. The summed E-state index contributed by atoms with van der Waals surface area (Å²) in [5.41, 5.74) is 11.7. The van der Waals surface area contributed by atoms with Gasteiger partial charge in [0.2, 0.25) is 0 Å². The molecule has 0 aromatic heterocycles. The van der Waals surface area contributed by atoms with E-state index in [1.165, 1.54) is 47.9 Å². The molecule has 2 aromatic carbocycles. The van der Waals surface area contributed by atoms with Crippen LogP contribution in [0.5, 0.6) is 5.75 Å². The number of aliphatic hydroxyl groups is 1. The first-order valence-corrected chi connectivity index (χ1v) is 10.7. The second-order valence-corrected chi connectivity index (χ2v) is 8.95. The standard InChI is InChI=1S/C25H33NO2/c1-28-24-5-3-2-4-19(24)8-6-18-7-9-21-15-22(11-10-20(21)14-18)23-12-13-25(26,16-23)17-27/h2-5,10-11,15,18,23,27H,6-9,12-14,16-17,26H2,1H3. The Morgan fingerprint density at radius 2 is 2.00 bits per heavy atom. The maximum atomic E-state index is 9.54. The fourth-order valence-corrected chi connectivity index (χ4v) is 5.20. The van der Waals surface area contributed by atoms with Gasteiger partial charge in [-0.25, -0.2) is 0 Å². The zero-order chi connectivity index (χ0) is 19.6. The van der Waals surface area contributed by atoms with Crippen LogP contribution in [0.1, 0.15) is 60.3 Å². The molecule has 28 heavy (non-hydrogen) atoms. The Balaban J connectivity index is 1.38. The second-order valence-electron chi connectivity index (χ2n) is 8.95. The predicted octanol–water partition coefficient (Wildman–Crippen LogP) is 4.39. The zero-order valence-electron chi connectivity index (χ0n) is 17.0. The molecule has 3 nitrogen and oxygen atoms in total. The van der Waals surface area contributed by atoms with Gasteiger partial charge in [0.15, 0.2) is 0 Å². The molecule has 3 heteroatoms. The van der Waals surface area contributed by atoms with E-state index in [9.17, 15) is 5.11 Å². The smallest absolute Gasteiger partial charge is 0.122 e. The van der Waals surface area contributed by atoms with Crippen molar-refractivity contribution in [2.24, 2.45) is 11.7 Å². The average Bonchev–Trinajstić information content (AvgIpc) is 3.14. The molecule has 3 unspecified atom stereocenters. The number of nitrogens with two attached hydrogens (primary N) is 1. The molecular weight excluding hydrogens is 346 g/mol. The third-order valence-corrected chi connectivity index (χ3v) is 7.01. The lowest BCUT2D eigenvalue weighted by Crippen LogP contribution is -2.40. The van der Waals surface area contributed by atoms with E-state index in [-0.39, 0.29) is 12.1 Å². The maximum Gasteiger partial charge on any atom is 0.122 e. The molecule has 150 valence electrons. The number of aliphatic hydroxyl groups excluding tert-OH is 1. The highest BCUT2D eigenvalue weighted by atomic mass is 16.5. The van der Waals surface area contributed by atoms with Crippen molar-refractivity contribution in [1.29, 1.82) is 0 Å². The van der Waals surface area contributed by atoms with Crippen molar-refractivity contribution in [2.45, 2.75) is 62.8 Å². The van der Waals surface area contributed by atoms with Gasteiger partial charge in [0.25, 0.3) is 0 Å². The van der Waals surface area contributed by atoms with Gasteiger partial charge in [0.1, 0.15) is 5.75 Å². The molecular formula is C25H33NO2. The van der Waals surface area contributed by atoms with Crippen molar-refractivity contribution in [3.8, 4) is 5.75 Å². The van der Waals surface area contributed by atoms with E-state index >= 15 is 0 Å². The summed E-state index contributed by atoms with van der Waals surface area (Å²) in [6.45, 7) is 0.0995. The lowest BCUT2D eigenvalue weighted by Gasteiger charge is -2.26. The topological polar surface area (TPSA) is 55.5 Å². The van der Waals surface area contributed by atoms with Crippen LogP contribution in [0.2, 0.25) is 0 Å². The lowest BCUT2D eigenvalue weighted by molar-refractivity contribution is 0.198. The molecule has 0 bridgehead atoms. The summed E-state index contributed by atoms with van der Waals surface area (Å²) < 4.78 is 5.50. The summed E-state index contributed by atoms with van der Waals surface area (Å²) in [4.78, 5) is 0. The van der Waals surface area contributed by atoms with Crippen molar-refractivity contribution in [1.82, 2.24) is 0 Å². The van der Waals surface area contributed by atoms with Gasteiger partial charge < -0.3 is 15.6 Å².